The third-order valence-electron chi connectivity index (χ3n) is 2.48. The van der Waals surface area contributed by atoms with Crippen molar-refractivity contribution in [3.05, 3.63) is 50.2 Å². The van der Waals surface area contributed by atoms with E-state index in [2.05, 4.69) is 21.0 Å². The second kappa shape index (κ2) is 4.98. The summed E-state index contributed by atoms with van der Waals surface area (Å²) in [4.78, 5) is 0. The summed E-state index contributed by atoms with van der Waals surface area (Å²) < 4.78 is 2.59. The van der Waals surface area contributed by atoms with Gasteiger partial charge in [0.15, 0.2) is 0 Å². The van der Waals surface area contributed by atoms with Crippen molar-refractivity contribution in [1.82, 2.24) is 9.78 Å². The summed E-state index contributed by atoms with van der Waals surface area (Å²) in [5.41, 5.74) is 7.92. The number of aromatic nitrogens is 2. The molecule has 0 amide bonds. The second-order valence-corrected chi connectivity index (χ2v) is 5.41. The fourth-order valence-corrected chi connectivity index (χ4v) is 2.82. The minimum Gasteiger partial charge on any atom is -0.319 e. The normalized spacial score (nSPS) is 12.8. The Labute approximate surface area is 118 Å². The van der Waals surface area contributed by atoms with Crippen molar-refractivity contribution in [3.8, 4) is 0 Å². The van der Waals surface area contributed by atoms with E-state index in [1.54, 1.807) is 29.1 Å². The smallest absolute Gasteiger partial charge is 0.0735 e. The van der Waals surface area contributed by atoms with Crippen molar-refractivity contribution in [2.45, 2.75) is 6.04 Å². The summed E-state index contributed by atoms with van der Waals surface area (Å²) in [5.74, 6) is 0. The highest BCUT2D eigenvalue weighted by Gasteiger charge is 2.17. The number of hydrogen-bond acceptors (Lipinski definition) is 2. The molecule has 1 aromatic heterocycles. The van der Waals surface area contributed by atoms with Gasteiger partial charge in [0.2, 0.25) is 0 Å². The molecular weight excluding hydrogens is 325 g/mol. The molecule has 17 heavy (non-hydrogen) atoms. The molecule has 0 fully saturated rings. The highest BCUT2D eigenvalue weighted by atomic mass is 79.9. The number of aryl methyl sites for hydroxylation is 1. The van der Waals surface area contributed by atoms with Crippen LogP contribution in [0.4, 0.5) is 0 Å². The van der Waals surface area contributed by atoms with Crippen LogP contribution in [0, 0.1) is 0 Å². The molecule has 0 saturated heterocycles. The molecule has 1 heterocycles. The molecule has 0 spiro atoms. The fraction of sp³-hybridized carbons (Fsp3) is 0.182. The molecule has 0 aliphatic rings. The van der Waals surface area contributed by atoms with E-state index >= 15 is 0 Å². The molecule has 0 aliphatic carbocycles. The third-order valence-corrected chi connectivity index (χ3v) is 3.52. The molecule has 0 bridgehead atoms. The number of nitrogens with two attached hydrogens (primary N) is 1. The molecule has 0 radical (unpaired) electrons. The average molecular weight is 335 g/mol. The Morgan fingerprint density at radius 3 is 2.35 bits per heavy atom. The van der Waals surface area contributed by atoms with Crippen LogP contribution in [0.2, 0.25) is 10.0 Å². The number of hydrogen-bond donors (Lipinski definition) is 1. The number of nitrogens with zero attached hydrogens (tertiary/aromatic N) is 2. The van der Waals surface area contributed by atoms with Gasteiger partial charge in [0.25, 0.3) is 0 Å². The summed E-state index contributed by atoms with van der Waals surface area (Å²) in [7, 11) is 1.84. The van der Waals surface area contributed by atoms with Gasteiger partial charge in [-0.15, -0.1) is 0 Å². The van der Waals surface area contributed by atoms with E-state index in [0.29, 0.717) is 10.0 Å². The van der Waals surface area contributed by atoms with Gasteiger partial charge < -0.3 is 5.73 Å². The number of rotatable bonds is 2. The zero-order valence-electron chi connectivity index (χ0n) is 8.99. The fourth-order valence-electron chi connectivity index (χ4n) is 1.68. The largest absolute Gasteiger partial charge is 0.319 e. The minimum atomic E-state index is -0.326. The van der Waals surface area contributed by atoms with Crippen molar-refractivity contribution in [2.75, 3.05) is 0 Å². The predicted molar refractivity (Wildman–Crippen MR) is 73.4 cm³/mol. The molecule has 90 valence electrons. The molecule has 2 aromatic rings. The van der Waals surface area contributed by atoms with Gasteiger partial charge in [-0.05, 0) is 39.7 Å². The topological polar surface area (TPSA) is 43.8 Å². The van der Waals surface area contributed by atoms with Crippen LogP contribution in [0.15, 0.2) is 28.9 Å². The van der Waals surface area contributed by atoms with E-state index in [4.69, 9.17) is 28.9 Å². The van der Waals surface area contributed by atoms with E-state index in [9.17, 15) is 0 Å². The highest BCUT2D eigenvalue weighted by molar-refractivity contribution is 9.10. The molecule has 0 saturated carbocycles. The molecule has 2 rings (SSSR count). The lowest BCUT2D eigenvalue weighted by Gasteiger charge is -2.14. The maximum Gasteiger partial charge on any atom is 0.0735 e. The third kappa shape index (κ3) is 2.65. The van der Waals surface area contributed by atoms with Crippen LogP contribution in [0.5, 0.6) is 0 Å². The monoisotopic (exact) mass is 333 g/mol. The van der Waals surface area contributed by atoms with E-state index < -0.39 is 0 Å². The van der Waals surface area contributed by atoms with Gasteiger partial charge in [-0.2, -0.15) is 5.10 Å². The van der Waals surface area contributed by atoms with E-state index in [0.717, 1.165) is 15.7 Å². The Balaban J connectivity index is 2.47. The summed E-state index contributed by atoms with van der Waals surface area (Å²) in [6, 6.07) is 4.96. The quantitative estimate of drug-likeness (QED) is 0.912. The van der Waals surface area contributed by atoms with Crippen molar-refractivity contribution >= 4 is 39.1 Å². The lowest BCUT2D eigenvalue weighted by atomic mass is 10.0. The first-order valence-electron chi connectivity index (χ1n) is 4.88. The molecule has 3 nitrogen and oxygen atoms in total. The van der Waals surface area contributed by atoms with Gasteiger partial charge in [0.1, 0.15) is 0 Å². The molecular formula is C11H10BrCl2N3. The lowest BCUT2D eigenvalue weighted by molar-refractivity contribution is 0.671. The van der Waals surface area contributed by atoms with Crippen LogP contribution < -0.4 is 5.73 Å². The first kappa shape index (κ1) is 12.9. The molecule has 0 aliphatic heterocycles. The van der Waals surface area contributed by atoms with Gasteiger partial charge >= 0.3 is 0 Å². The SMILES string of the molecule is Cn1ncc(Br)c1C(N)c1cc(Cl)cc(Cl)c1. The predicted octanol–water partition coefficient (Wildman–Crippen LogP) is 3.54. The highest BCUT2D eigenvalue weighted by Crippen LogP contribution is 2.29. The Hall–Kier alpha value is -0.550. The Bertz CT molecular complexity index is 514. The van der Waals surface area contributed by atoms with Crippen LogP contribution in [-0.4, -0.2) is 9.78 Å². The molecule has 1 unspecified atom stereocenters. The first-order valence-corrected chi connectivity index (χ1v) is 6.43. The summed E-state index contributed by atoms with van der Waals surface area (Å²) in [6.45, 7) is 0. The average Bonchev–Trinajstić information content (AvgIpc) is 2.56. The Morgan fingerprint density at radius 2 is 1.88 bits per heavy atom. The van der Waals surface area contributed by atoms with Crippen LogP contribution in [0.3, 0.4) is 0 Å². The molecule has 2 N–H and O–H groups in total. The minimum absolute atomic E-state index is 0.326. The van der Waals surface area contributed by atoms with E-state index in [1.807, 2.05) is 7.05 Å². The summed E-state index contributed by atoms with van der Waals surface area (Å²) >= 11 is 15.3. The van der Waals surface area contributed by atoms with Crippen LogP contribution in [-0.2, 0) is 7.05 Å². The van der Waals surface area contributed by atoms with Gasteiger partial charge in [0, 0.05) is 17.1 Å². The maximum atomic E-state index is 6.19. The van der Waals surface area contributed by atoms with Crippen LogP contribution >= 0.6 is 39.1 Å². The molecule has 6 heteroatoms. The number of benzene rings is 1. The second-order valence-electron chi connectivity index (χ2n) is 3.68. The maximum absolute atomic E-state index is 6.19. The van der Waals surface area contributed by atoms with Crippen molar-refractivity contribution < 1.29 is 0 Å². The van der Waals surface area contributed by atoms with Crippen LogP contribution in [0.1, 0.15) is 17.3 Å². The first-order chi connectivity index (χ1) is 7.99. The Kier molecular flexibility index (Phi) is 3.78. The van der Waals surface area contributed by atoms with E-state index in [-0.39, 0.29) is 6.04 Å². The summed E-state index contributed by atoms with van der Waals surface area (Å²) in [5, 5.41) is 5.27. The zero-order chi connectivity index (χ0) is 12.6. The lowest BCUT2D eigenvalue weighted by Crippen LogP contribution is -2.16. The Morgan fingerprint density at radius 1 is 1.29 bits per heavy atom. The molecule has 1 atom stereocenters. The number of halogens is 3. The van der Waals surface area contributed by atoms with Gasteiger partial charge in [-0.25, -0.2) is 0 Å². The van der Waals surface area contributed by atoms with E-state index in [1.165, 1.54) is 0 Å². The summed E-state index contributed by atoms with van der Waals surface area (Å²) in [6.07, 6.45) is 1.71. The van der Waals surface area contributed by atoms with Crippen molar-refractivity contribution in [1.29, 1.82) is 0 Å². The zero-order valence-corrected chi connectivity index (χ0v) is 12.1. The van der Waals surface area contributed by atoms with Gasteiger partial charge in [-0.1, -0.05) is 23.2 Å². The van der Waals surface area contributed by atoms with Crippen molar-refractivity contribution in [3.63, 3.8) is 0 Å². The van der Waals surface area contributed by atoms with Gasteiger partial charge in [-0.3, -0.25) is 4.68 Å². The van der Waals surface area contributed by atoms with Gasteiger partial charge in [0.05, 0.1) is 22.4 Å². The molecule has 1 aromatic carbocycles. The van der Waals surface area contributed by atoms with Crippen LogP contribution in [0.25, 0.3) is 0 Å². The standard InChI is InChI=1S/C11H10BrCl2N3/c1-17-11(9(12)5-16-17)10(15)6-2-7(13)4-8(14)3-6/h2-5,10H,15H2,1H3. The van der Waals surface area contributed by atoms with Crippen molar-refractivity contribution in [2.24, 2.45) is 12.8 Å².